The Morgan fingerprint density at radius 2 is 1.89 bits per heavy atom. The van der Waals surface area contributed by atoms with E-state index in [0.29, 0.717) is 0 Å². The fraction of sp³-hybridized carbons (Fsp3) is 0.714. The molecule has 2 rings (SSSR count). The number of aliphatic hydroxyl groups excluding tert-OH is 1. The Hall–Kier alpha value is -1.36. The number of hydrogen-bond acceptors (Lipinski definition) is 5. The molecule has 0 saturated heterocycles. The lowest BCUT2D eigenvalue weighted by molar-refractivity contribution is 0.266. The predicted octanol–water partition coefficient (Wildman–Crippen LogP) is 2.14. The van der Waals surface area contributed by atoms with Crippen molar-refractivity contribution in [3.63, 3.8) is 0 Å². The van der Waals surface area contributed by atoms with Gasteiger partial charge < -0.3 is 15.7 Å². The first-order chi connectivity index (χ1) is 8.88. The Balaban J connectivity index is 2.29. The Bertz CT molecular complexity index is 449. The van der Waals surface area contributed by atoms with Crippen LogP contribution in [0.25, 0.3) is 0 Å². The summed E-state index contributed by atoms with van der Waals surface area (Å²) in [7, 11) is 0. The molecule has 19 heavy (non-hydrogen) atoms. The number of aromatic nitrogens is 2. The average molecular weight is 264 g/mol. The van der Waals surface area contributed by atoms with E-state index < -0.39 is 0 Å². The summed E-state index contributed by atoms with van der Waals surface area (Å²) in [6, 6.07) is 1.91. The van der Waals surface area contributed by atoms with Gasteiger partial charge in [-0.25, -0.2) is 9.97 Å². The maximum absolute atomic E-state index is 9.40. The molecule has 0 aliphatic heterocycles. The molecule has 1 aliphatic carbocycles. The molecule has 0 aromatic carbocycles. The number of anilines is 2. The van der Waals surface area contributed by atoms with E-state index in [1.54, 1.807) is 0 Å². The zero-order valence-electron chi connectivity index (χ0n) is 12.2. The van der Waals surface area contributed by atoms with E-state index in [1.807, 2.05) is 13.0 Å². The van der Waals surface area contributed by atoms with Gasteiger partial charge in [0.25, 0.3) is 0 Å². The first-order valence-corrected chi connectivity index (χ1v) is 6.91. The topological polar surface area (TPSA) is 70.1 Å². The standard InChI is InChI=1S/C14H24N4O/c1-5-15-10-8-11(18-14(9-19)6-7-14)17-12(16-10)13(2,3)4/h8,19H,5-7,9H2,1-4H3,(H2,15,16,17,18). The Kier molecular flexibility index (Phi) is 3.67. The van der Waals surface area contributed by atoms with Crippen LogP contribution >= 0.6 is 0 Å². The maximum atomic E-state index is 9.40. The number of nitrogens with zero attached hydrogens (tertiary/aromatic N) is 2. The van der Waals surface area contributed by atoms with E-state index in [-0.39, 0.29) is 17.6 Å². The molecule has 0 bridgehead atoms. The molecule has 1 fully saturated rings. The first-order valence-electron chi connectivity index (χ1n) is 6.91. The van der Waals surface area contributed by atoms with Crippen molar-refractivity contribution >= 4 is 11.6 Å². The normalized spacial score (nSPS) is 17.1. The minimum atomic E-state index is -0.160. The molecule has 106 valence electrons. The van der Waals surface area contributed by atoms with Crippen LogP contribution < -0.4 is 10.6 Å². The van der Waals surface area contributed by atoms with Crippen LogP contribution in [-0.2, 0) is 5.41 Å². The molecule has 1 aromatic heterocycles. The van der Waals surface area contributed by atoms with Gasteiger partial charge in [-0.05, 0) is 19.8 Å². The van der Waals surface area contributed by atoms with Crippen LogP contribution in [0.4, 0.5) is 11.6 Å². The van der Waals surface area contributed by atoms with Crippen molar-refractivity contribution in [1.29, 1.82) is 0 Å². The van der Waals surface area contributed by atoms with Crippen molar-refractivity contribution in [3.8, 4) is 0 Å². The largest absolute Gasteiger partial charge is 0.394 e. The van der Waals surface area contributed by atoms with Crippen LogP contribution in [0.5, 0.6) is 0 Å². The molecule has 0 unspecified atom stereocenters. The van der Waals surface area contributed by atoms with Gasteiger partial charge in [-0.1, -0.05) is 20.8 Å². The van der Waals surface area contributed by atoms with Gasteiger partial charge in [0, 0.05) is 18.0 Å². The van der Waals surface area contributed by atoms with Crippen LogP contribution in [0.2, 0.25) is 0 Å². The third kappa shape index (κ3) is 3.35. The highest BCUT2D eigenvalue weighted by Crippen LogP contribution is 2.38. The van der Waals surface area contributed by atoms with Crippen LogP contribution in [0.3, 0.4) is 0 Å². The summed E-state index contributed by atoms with van der Waals surface area (Å²) in [6.45, 7) is 9.31. The highest BCUT2D eigenvalue weighted by atomic mass is 16.3. The minimum Gasteiger partial charge on any atom is -0.394 e. The van der Waals surface area contributed by atoms with Gasteiger partial charge in [-0.15, -0.1) is 0 Å². The lowest BCUT2D eigenvalue weighted by Gasteiger charge is -2.21. The van der Waals surface area contributed by atoms with E-state index >= 15 is 0 Å². The number of hydrogen-bond donors (Lipinski definition) is 3. The number of rotatable bonds is 5. The Labute approximate surface area is 114 Å². The summed E-state index contributed by atoms with van der Waals surface area (Å²) >= 11 is 0. The molecule has 0 atom stereocenters. The predicted molar refractivity (Wildman–Crippen MR) is 77.6 cm³/mol. The summed E-state index contributed by atoms with van der Waals surface area (Å²) in [6.07, 6.45) is 1.99. The molecule has 0 radical (unpaired) electrons. The molecule has 1 heterocycles. The quantitative estimate of drug-likeness (QED) is 0.760. The van der Waals surface area contributed by atoms with Crippen LogP contribution in [0.1, 0.15) is 46.4 Å². The van der Waals surface area contributed by atoms with E-state index in [2.05, 4.69) is 41.4 Å². The second kappa shape index (κ2) is 4.96. The average Bonchev–Trinajstić information content (AvgIpc) is 3.08. The third-order valence-electron chi connectivity index (χ3n) is 3.30. The van der Waals surface area contributed by atoms with Crippen molar-refractivity contribution < 1.29 is 5.11 Å². The molecule has 1 aliphatic rings. The van der Waals surface area contributed by atoms with E-state index in [0.717, 1.165) is 36.8 Å². The monoisotopic (exact) mass is 264 g/mol. The molecular weight excluding hydrogens is 240 g/mol. The molecule has 1 saturated carbocycles. The van der Waals surface area contributed by atoms with Gasteiger partial charge >= 0.3 is 0 Å². The lowest BCUT2D eigenvalue weighted by Crippen LogP contribution is -2.27. The van der Waals surface area contributed by atoms with Crippen LogP contribution in [0.15, 0.2) is 6.07 Å². The highest BCUT2D eigenvalue weighted by Gasteiger charge is 2.42. The highest BCUT2D eigenvalue weighted by molar-refractivity contribution is 5.50. The van der Waals surface area contributed by atoms with Crippen molar-refractivity contribution in [2.75, 3.05) is 23.8 Å². The first kappa shape index (κ1) is 14.1. The molecule has 1 aromatic rings. The van der Waals surface area contributed by atoms with Gasteiger partial charge in [0.15, 0.2) is 0 Å². The Morgan fingerprint density at radius 3 is 2.37 bits per heavy atom. The van der Waals surface area contributed by atoms with Gasteiger partial charge in [-0.3, -0.25) is 0 Å². The lowest BCUT2D eigenvalue weighted by atomic mass is 9.96. The smallest absolute Gasteiger partial charge is 0.138 e. The van der Waals surface area contributed by atoms with Crippen LogP contribution in [0, 0.1) is 0 Å². The van der Waals surface area contributed by atoms with Gasteiger partial charge in [0.05, 0.1) is 12.1 Å². The zero-order chi connectivity index (χ0) is 14.1. The fourth-order valence-corrected chi connectivity index (χ4v) is 1.86. The second-order valence-electron chi connectivity index (χ2n) is 6.31. The fourth-order valence-electron chi connectivity index (χ4n) is 1.86. The molecule has 5 nitrogen and oxygen atoms in total. The van der Waals surface area contributed by atoms with Crippen molar-refractivity contribution in [2.45, 2.75) is 51.5 Å². The molecule has 0 spiro atoms. The van der Waals surface area contributed by atoms with Gasteiger partial charge in [0.2, 0.25) is 0 Å². The Morgan fingerprint density at radius 1 is 1.26 bits per heavy atom. The maximum Gasteiger partial charge on any atom is 0.138 e. The van der Waals surface area contributed by atoms with Crippen molar-refractivity contribution in [2.24, 2.45) is 0 Å². The van der Waals surface area contributed by atoms with Crippen molar-refractivity contribution in [1.82, 2.24) is 9.97 Å². The van der Waals surface area contributed by atoms with Crippen LogP contribution in [-0.4, -0.2) is 33.8 Å². The summed E-state index contributed by atoms with van der Waals surface area (Å²) in [5.74, 6) is 2.43. The minimum absolute atomic E-state index is 0.0994. The van der Waals surface area contributed by atoms with Gasteiger partial charge in [-0.2, -0.15) is 0 Å². The number of nitrogens with one attached hydrogen (secondary N) is 2. The third-order valence-corrected chi connectivity index (χ3v) is 3.30. The second-order valence-corrected chi connectivity index (χ2v) is 6.31. The summed E-state index contributed by atoms with van der Waals surface area (Å²) in [4.78, 5) is 9.13. The van der Waals surface area contributed by atoms with E-state index in [1.165, 1.54) is 0 Å². The van der Waals surface area contributed by atoms with Crippen molar-refractivity contribution in [3.05, 3.63) is 11.9 Å². The van der Waals surface area contributed by atoms with E-state index in [9.17, 15) is 5.11 Å². The zero-order valence-corrected chi connectivity index (χ0v) is 12.2. The molecule has 0 amide bonds. The van der Waals surface area contributed by atoms with Gasteiger partial charge in [0.1, 0.15) is 17.5 Å². The summed E-state index contributed by atoms with van der Waals surface area (Å²) < 4.78 is 0. The molecular formula is C14H24N4O. The summed E-state index contributed by atoms with van der Waals surface area (Å²) in [5.41, 5.74) is -0.259. The SMILES string of the molecule is CCNc1cc(NC2(CO)CC2)nc(C(C)(C)C)n1. The number of aliphatic hydroxyl groups is 1. The summed E-state index contributed by atoms with van der Waals surface area (Å²) in [5, 5.41) is 16.0. The van der Waals surface area contributed by atoms with E-state index in [4.69, 9.17) is 0 Å². The molecule has 3 N–H and O–H groups in total. The molecule has 5 heteroatoms.